The molecule has 2 aliphatic heterocycles. The number of urea groups is 1. The molecule has 0 aromatic heterocycles. The van der Waals surface area contributed by atoms with Gasteiger partial charge >= 0.3 is 6.03 Å². The molecule has 5 nitrogen and oxygen atoms in total. The fourth-order valence-electron chi connectivity index (χ4n) is 2.81. The minimum atomic E-state index is -0.176. The van der Waals surface area contributed by atoms with Gasteiger partial charge in [0.1, 0.15) is 6.10 Å². The number of ether oxygens (including phenoxy) is 2. The third kappa shape index (κ3) is 3.84. The fourth-order valence-corrected chi connectivity index (χ4v) is 3.34. The van der Waals surface area contributed by atoms with Crippen molar-refractivity contribution in [3.8, 4) is 0 Å². The first-order chi connectivity index (χ1) is 10.6. The zero-order valence-corrected chi connectivity index (χ0v) is 13.6. The van der Waals surface area contributed by atoms with Gasteiger partial charge < -0.3 is 19.7 Å². The molecule has 1 aromatic rings. The Labute approximate surface area is 139 Å². The molecule has 3 rings (SSSR count). The fraction of sp³-hybridized carbons (Fsp3) is 0.533. The summed E-state index contributed by atoms with van der Waals surface area (Å²) >= 11 is 11.9. The average Bonchev–Trinajstić information content (AvgIpc) is 3.00. The van der Waals surface area contributed by atoms with Crippen molar-refractivity contribution in [1.29, 1.82) is 0 Å². The Bertz CT molecular complexity index is 529. The highest BCUT2D eigenvalue weighted by molar-refractivity contribution is 6.35. The van der Waals surface area contributed by atoms with Crippen LogP contribution in [0.25, 0.3) is 0 Å². The van der Waals surface area contributed by atoms with Gasteiger partial charge in [-0.1, -0.05) is 23.2 Å². The minimum Gasteiger partial charge on any atom is -0.375 e. The predicted octanol–water partition coefficient (Wildman–Crippen LogP) is 3.41. The van der Waals surface area contributed by atoms with E-state index in [0.717, 1.165) is 19.4 Å². The van der Waals surface area contributed by atoms with Gasteiger partial charge in [-0.3, -0.25) is 0 Å². The summed E-state index contributed by atoms with van der Waals surface area (Å²) in [7, 11) is 0. The molecule has 1 N–H and O–H groups in total. The lowest BCUT2D eigenvalue weighted by Crippen LogP contribution is -2.51. The molecule has 2 atom stereocenters. The van der Waals surface area contributed by atoms with Crippen LogP contribution in [0.4, 0.5) is 10.5 Å². The van der Waals surface area contributed by atoms with Crippen LogP contribution in [-0.2, 0) is 9.47 Å². The molecule has 2 fully saturated rings. The smallest absolute Gasteiger partial charge is 0.322 e. The Balaban J connectivity index is 1.61. The van der Waals surface area contributed by atoms with Crippen molar-refractivity contribution in [3.63, 3.8) is 0 Å². The second kappa shape index (κ2) is 7.04. The lowest BCUT2D eigenvalue weighted by atomic mass is 10.1. The van der Waals surface area contributed by atoms with Gasteiger partial charge in [-0.2, -0.15) is 0 Å². The number of anilines is 1. The molecule has 0 saturated carbocycles. The summed E-state index contributed by atoms with van der Waals surface area (Å²) in [6.45, 7) is 2.39. The van der Waals surface area contributed by atoms with Gasteiger partial charge in [-0.25, -0.2) is 4.79 Å². The van der Waals surface area contributed by atoms with Crippen LogP contribution >= 0.6 is 23.2 Å². The highest BCUT2D eigenvalue weighted by Gasteiger charge is 2.32. The first-order valence-corrected chi connectivity index (χ1v) is 8.12. The van der Waals surface area contributed by atoms with Crippen LogP contribution in [0.3, 0.4) is 0 Å². The molecule has 120 valence electrons. The van der Waals surface area contributed by atoms with E-state index in [9.17, 15) is 4.79 Å². The molecular formula is C15H18Cl2N2O3. The molecular weight excluding hydrogens is 327 g/mol. The number of carbonyl (C=O) groups is 1. The van der Waals surface area contributed by atoms with Crippen molar-refractivity contribution in [2.24, 2.45) is 0 Å². The standard InChI is InChI=1S/C15H18Cl2N2O3/c16-10-6-11(17)8-12(7-10)18-15(20)19-3-5-22-14(9-19)13-2-1-4-21-13/h6-8,13-14H,1-5,9H2,(H,18,20). The first-order valence-electron chi connectivity index (χ1n) is 7.37. The summed E-state index contributed by atoms with van der Waals surface area (Å²) in [5.41, 5.74) is 0.586. The van der Waals surface area contributed by atoms with E-state index >= 15 is 0 Å². The molecule has 2 heterocycles. The number of hydrogen-bond donors (Lipinski definition) is 1. The summed E-state index contributed by atoms with van der Waals surface area (Å²) < 4.78 is 11.4. The largest absolute Gasteiger partial charge is 0.375 e. The third-order valence-corrected chi connectivity index (χ3v) is 4.31. The molecule has 0 spiro atoms. The van der Waals surface area contributed by atoms with Crippen LogP contribution < -0.4 is 5.32 Å². The zero-order valence-electron chi connectivity index (χ0n) is 12.1. The number of benzene rings is 1. The van der Waals surface area contributed by atoms with E-state index in [-0.39, 0.29) is 18.2 Å². The summed E-state index contributed by atoms with van der Waals surface area (Å²) in [6, 6.07) is 4.79. The van der Waals surface area contributed by atoms with E-state index in [1.54, 1.807) is 23.1 Å². The molecule has 1 aromatic carbocycles. The van der Waals surface area contributed by atoms with E-state index in [1.165, 1.54) is 0 Å². The maximum Gasteiger partial charge on any atom is 0.322 e. The number of rotatable bonds is 2. The van der Waals surface area contributed by atoms with Gasteiger partial charge in [-0.15, -0.1) is 0 Å². The highest BCUT2D eigenvalue weighted by Crippen LogP contribution is 2.24. The Morgan fingerprint density at radius 2 is 1.86 bits per heavy atom. The summed E-state index contributed by atoms with van der Waals surface area (Å²) in [6.07, 6.45) is 2.09. The van der Waals surface area contributed by atoms with Crippen molar-refractivity contribution in [1.82, 2.24) is 4.90 Å². The third-order valence-electron chi connectivity index (χ3n) is 3.87. The molecule has 2 unspecified atom stereocenters. The van der Waals surface area contributed by atoms with Gasteiger partial charge in [0.2, 0.25) is 0 Å². The second-order valence-electron chi connectivity index (χ2n) is 5.50. The first kappa shape index (κ1) is 15.9. The Morgan fingerprint density at radius 1 is 1.14 bits per heavy atom. The van der Waals surface area contributed by atoms with Crippen LogP contribution in [0, 0.1) is 0 Å². The van der Waals surface area contributed by atoms with E-state index in [4.69, 9.17) is 32.7 Å². The van der Waals surface area contributed by atoms with Gasteiger partial charge in [0.05, 0.1) is 19.3 Å². The maximum atomic E-state index is 12.4. The Hall–Kier alpha value is -1.01. The second-order valence-corrected chi connectivity index (χ2v) is 6.37. The number of amides is 2. The van der Waals surface area contributed by atoms with Crippen molar-refractivity contribution in [2.45, 2.75) is 25.0 Å². The van der Waals surface area contributed by atoms with Gasteiger partial charge in [0.15, 0.2) is 0 Å². The predicted molar refractivity (Wildman–Crippen MR) is 85.8 cm³/mol. The van der Waals surface area contributed by atoms with Crippen LogP contribution in [-0.4, -0.2) is 49.4 Å². The topological polar surface area (TPSA) is 50.8 Å². The van der Waals surface area contributed by atoms with Crippen LogP contribution in [0.2, 0.25) is 10.0 Å². The van der Waals surface area contributed by atoms with Crippen LogP contribution in [0.15, 0.2) is 18.2 Å². The van der Waals surface area contributed by atoms with E-state index in [1.807, 2.05) is 0 Å². The number of hydrogen-bond acceptors (Lipinski definition) is 3. The molecule has 22 heavy (non-hydrogen) atoms. The van der Waals surface area contributed by atoms with E-state index in [2.05, 4.69) is 5.32 Å². The quantitative estimate of drug-likeness (QED) is 0.894. The number of halogens is 2. The minimum absolute atomic E-state index is 0.0510. The zero-order chi connectivity index (χ0) is 15.5. The Kier molecular flexibility index (Phi) is 5.08. The summed E-state index contributed by atoms with van der Waals surface area (Å²) in [5.74, 6) is 0. The molecule has 7 heteroatoms. The van der Waals surface area contributed by atoms with Crippen molar-refractivity contribution in [3.05, 3.63) is 28.2 Å². The lowest BCUT2D eigenvalue weighted by Gasteiger charge is -2.35. The van der Waals surface area contributed by atoms with E-state index < -0.39 is 0 Å². The molecule has 2 amide bonds. The number of carbonyl (C=O) groups excluding carboxylic acids is 1. The monoisotopic (exact) mass is 344 g/mol. The van der Waals surface area contributed by atoms with Gasteiger partial charge in [0, 0.05) is 28.9 Å². The number of nitrogens with zero attached hydrogens (tertiary/aromatic N) is 1. The van der Waals surface area contributed by atoms with Crippen LogP contribution in [0.5, 0.6) is 0 Å². The van der Waals surface area contributed by atoms with E-state index in [0.29, 0.717) is 35.4 Å². The molecule has 2 aliphatic rings. The molecule has 0 aliphatic carbocycles. The van der Waals surface area contributed by atoms with Gasteiger partial charge in [-0.05, 0) is 31.0 Å². The van der Waals surface area contributed by atoms with Crippen LogP contribution in [0.1, 0.15) is 12.8 Å². The normalized spacial score (nSPS) is 25.3. The highest BCUT2D eigenvalue weighted by atomic mass is 35.5. The summed E-state index contributed by atoms with van der Waals surface area (Å²) in [4.78, 5) is 14.1. The Morgan fingerprint density at radius 3 is 2.55 bits per heavy atom. The maximum absolute atomic E-state index is 12.4. The van der Waals surface area contributed by atoms with Crippen molar-refractivity contribution < 1.29 is 14.3 Å². The number of nitrogens with one attached hydrogen (secondary N) is 1. The van der Waals surface area contributed by atoms with Crippen molar-refractivity contribution in [2.75, 3.05) is 31.6 Å². The lowest BCUT2D eigenvalue weighted by molar-refractivity contribution is -0.0839. The number of morpholine rings is 1. The average molecular weight is 345 g/mol. The molecule has 2 saturated heterocycles. The molecule has 0 bridgehead atoms. The van der Waals surface area contributed by atoms with Crippen molar-refractivity contribution >= 4 is 34.9 Å². The summed E-state index contributed by atoms with van der Waals surface area (Å²) in [5, 5.41) is 3.80. The van der Waals surface area contributed by atoms with Gasteiger partial charge in [0.25, 0.3) is 0 Å². The molecule has 0 radical (unpaired) electrons. The SMILES string of the molecule is O=C(Nc1cc(Cl)cc(Cl)c1)N1CCOC(C2CCCO2)C1.